The Labute approximate surface area is 148 Å². The molecule has 0 amide bonds. The van der Waals surface area contributed by atoms with Crippen LogP contribution in [0.4, 0.5) is 4.39 Å². The van der Waals surface area contributed by atoms with Crippen LogP contribution < -0.4 is 4.74 Å². The molecule has 0 bridgehead atoms. The van der Waals surface area contributed by atoms with E-state index in [1.54, 1.807) is 30.3 Å². The molecule has 0 aliphatic carbocycles. The molecule has 0 unspecified atom stereocenters. The molecular weight excluding hydrogens is 339 g/mol. The molecule has 0 aliphatic heterocycles. The number of allylic oxidation sites excluding steroid dienone is 1. The average Bonchev–Trinajstić information content (AvgIpc) is 3.11. The number of thiazole rings is 1. The molecule has 1 N–H and O–H groups in total. The fraction of sp³-hybridized carbons (Fsp3) is 0.0526. The van der Waals surface area contributed by atoms with Gasteiger partial charge in [-0.05, 0) is 48.0 Å². The predicted octanol–water partition coefficient (Wildman–Crippen LogP) is 4.73. The molecule has 25 heavy (non-hydrogen) atoms. The van der Waals surface area contributed by atoms with E-state index in [1.807, 2.05) is 5.38 Å². The first-order chi connectivity index (χ1) is 12.1. The third kappa shape index (κ3) is 3.67. The highest BCUT2D eigenvalue weighted by Crippen LogP contribution is 2.30. The number of aromatic hydroxyl groups is 1. The number of benzene rings is 2. The number of nitrogens with zero attached hydrogens (tertiary/aromatic N) is 2. The van der Waals surface area contributed by atoms with Crippen LogP contribution >= 0.6 is 11.3 Å². The predicted molar refractivity (Wildman–Crippen MR) is 95.7 cm³/mol. The fourth-order valence-corrected chi connectivity index (χ4v) is 3.04. The fourth-order valence-electron chi connectivity index (χ4n) is 2.24. The molecule has 0 saturated heterocycles. The lowest BCUT2D eigenvalue weighted by atomic mass is 10.1. The van der Waals surface area contributed by atoms with Gasteiger partial charge in [-0.2, -0.15) is 5.26 Å². The van der Waals surface area contributed by atoms with Crippen molar-refractivity contribution < 1.29 is 14.2 Å². The zero-order valence-corrected chi connectivity index (χ0v) is 14.0. The van der Waals surface area contributed by atoms with Crippen molar-refractivity contribution in [3.8, 4) is 28.8 Å². The van der Waals surface area contributed by atoms with Crippen molar-refractivity contribution in [2.24, 2.45) is 0 Å². The van der Waals surface area contributed by atoms with Crippen molar-refractivity contribution in [3.63, 3.8) is 0 Å². The number of rotatable bonds is 4. The van der Waals surface area contributed by atoms with Crippen LogP contribution in [0.5, 0.6) is 11.5 Å². The monoisotopic (exact) mass is 352 g/mol. The Kier molecular flexibility index (Phi) is 4.78. The quantitative estimate of drug-likeness (QED) is 0.690. The van der Waals surface area contributed by atoms with E-state index >= 15 is 0 Å². The summed E-state index contributed by atoms with van der Waals surface area (Å²) in [4.78, 5) is 4.46. The molecule has 1 heterocycles. The lowest BCUT2D eigenvalue weighted by Crippen LogP contribution is -1.86. The number of methoxy groups -OCH3 is 1. The van der Waals surface area contributed by atoms with E-state index in [2.05, 4.69) is 11.1 Å². The standard InChI is InChI=1S/C19H13FN2O2S/c1-24-18-9-12(2-7-17(18)23)8-14(10-21)19-22-16(11-25-19)13-3-5-15(20)6-4-13/h2-9,11,23H,1H3/b14-8-. The number of nitriles is 1. The highest BCUT2D eigenvalue weighted by atomic mass is 32.1. The molecule has 3 aromatic rings. The molecule has 0 fully saturated rings. The molecule has 124 valence electrons. The average molecular weight is 352 g/mol. The number of ether oxygens (including phenoxy) is 1. The number of aromatic nitrogens is 1. The number of hydrogen-bond acceptors (Lipinski definition) is 5. The van der Waals surface area contributed by atoms with Crippen LogP contribution in [0, 0.1) is 17.1 Å². The van der Waals surface area contributed by atoms with Crippen LogP contribution in [0.15, 0.2) is 47.8 Å². The second-order valence-corrected chi connectivity index (χ2v) is 6.00. The van der Waals surface area contributed by atoms with Gasteiger partial charge < -0.3 is 9.84 Å². The van der Waals surface area contributed by atoms with Gasteiger partial charge in [-0.3, -0.25) is 0 Å². The summed E-state index contributed by atoms with van der Waals surface area (Å²) < 4.78 is 18.1. The lowest BCUT2D eigenvalue weighted by Gasteiger charge is -2.04. The zero-order valence-electron chi connectivity index (χ0n) is 13.2. The maximum absolute atomic E-state index is 13.0. The Morgan fingerprint density at radius 3 is 2.72 bits per heavy atom. The van der Waals surface area contributed by atoms with Crippen LogP contribution in [0.25, 0.3) is 22.9 Å². The minimum atomic E-state index is -0.307. The highest BCUT2D eigenvalue weighted by Gasteiger charge is 2.10. The SMILES string of the molecule is COc1cc(/C=C(/C#N)c2nc(-c3ccc(F)cc3)cs2)ccc1O. The van der Waals surface area contributed by atoms with Crippen LogP contribution in [0.2, 0.25) is 0 Å². The molecule has 2 aromatic carbocycles. The Morgan fingerprint density at radius 2 is 2.04 bits per heavy atom. The normalized spacial score (nSPS) is 11.2. The maximum Gasteiger partial charge on any atom is 0.161 e. The Balaban J connectivity index is 1.94. The van der Waals surface area contributed by atoms with Gasteiger partial charge in [-0.25, -0.2) is 9.37 Å². The summed E-state index contributed by atoms with van der Waals surface area (Å²) in [5.41, 5.74) is 2.58. The first-order valence-electron chi connectivity index (χ1n) is 7.31. The van der Waals surface area contributed by atoms with E-state index in [0.29, 0.717) is 27.6 Å². The molecule has 0 aliphatic rings. The topological polar surface area (TPSA) is 66.1 Å². The number of halogens is 1. The van der Waals surface area contributed by atoms with Gasteiger partial charge in [-0.15, -0.1) is 11.3 Å². The first-order valence-corrected chi connectivity index (χ1v) is 8.19. The first kappa shape index (κ1) is 16.7. The van der Waals surface area contributed by atoms with Gasteiger partial charge in [0.1, 0.15) is 16.9 Å². The highest BCUT2D eigenvalue weighted by molar-refractivity contribution is 7.11. The zero-order chi connectivity index (χ0) is 17.8. The third-order valence-electron chi connectivity index (χ3n) is 3.51. The van der Waals surface area contributed by atoms with Gasteiger partial charge in [0, 0.05) is 10.9 Å². The van der Waals surface area contributed by atoms with E-state index < -0.39 is 0 Å². The van der Waals surface area contributed by atoms with Crippen LogP contribution in [0.3, 0.4) is 0 Å². The minimum Gasteiger partial charge on any atom is -0.504 e. The summed E-state index contributed by atoms with van der Waals surface area (Å²) in [6.45, 7) is 0. The van der Waals surface area contributed by atoms with Gasteiger partial charge in [0.05, 0.1) is 18.4 Å². The number of phenols is 1. The molecule has 0 atom stereocenters. The summed E-state index contributed by atoms with van der Waals surface area (Å²) in [7, 11) is 1.46. The van der Waals surface area contributed by atoms with Gasteiger partial charge in [0.2, 0.25) is 0 Å². The van der Waals surface area contributed by atoms with Crippen molar-refractivity contribution >= 4 is 23.0 Å². The molecular formula is C19H13FN2O2S. The van der Waals surface area contributed by atoms with Crippen LogP contribution in [-0.2, 0) is 0 Å². The van der Waals surface area contributed by atoms with E-state index in [9.17, 15) is 14.8 Å². The summed E-state index contributed by atoms with van der Waals surface area (Å²) in [5, 5.41) is 21.5. The van der Waals surface area contributed by atoms with E-state index in [-0.39, 0.29) is 11.6 Å². The van der Waals surface area contributed by atoms with Crippen molar-refractivity contribution in [2.75, 3.05) is 7.11 Å². The maximum atomic E-state index is 13.0. The van der Waals surface area contributed by atoms with Crippen LogP contribution in [0.1, 0.15) is 10.6 Å². The number of phenolic OH excluding ortho intramolecular Hbond substituents is 1. The van der Waals surface area contributed by atoms with E-state index in [0.717, 1.165) is 5.56 Å². The largest absolute Gasteiger partial charge is 0.504 e. The van der Waals surface area contributed by atoms with Crippen molar-refractivity contribution in [3.05, 3.63) is 64.2 Å². The van der Waals surface area contributed by atoms with Crippen LogP contribution in [-0.4, -0.2) is 17.2 Å². The summed E-state index contributed by atoms with van der Waals surface area (Å²) in [6, 6.07) is 13.0. The minimum absolute atomic E-state index is 0.0333. The third-order valence-corrected chi connectivity index (χ3v) is 4.39. The molecule has 0 spiro atoms. The van der Waals surface area contributed by atoms with E-state index in [4.69, 9.17) is 4.74 Å². The molecule has 6 heteroatoms. The second-order valence-electron chi connectivity index (χ2n) is 5.15. The Hall–Kier alpha value is -3.17. The Morgan fingerprint density at radius 1 is 1.28 bits per heavy atom. The van der Waals surface area contributed by atoms with Crippen molar-refractivity contribution in [2.45, 2.75) is 0 Å². The summed E-state index contributed by atoms with van der Waals surface area (Å²) in [6.07, 6.45) is 1.68. The summed E-state index contributed by atoms with van der Waals surface area (Å²) >= 11 is 1.34. The molecule has 1 aromatic heterocycles. The summed E-state index contributed by atoms with van der Waals surface area (Å²) in [5.74, 6) is 0.0567. The smallest absolute Gasteiger partial charge is 0.161 e. The van der Waals surface area contributed by atoms with E-state index in [1.165, 1.54) is 36.6 Å². The molecule has 3 rings (SSSR count). The Bertz CT molecular complexity index is 972. The lowest BCUT2D eigenvalue weighted by molar-refractivity contribution is 0.373. The van der Waals surface area contributed by atoms with Gasteiger partial charge in [0.15, 0.2) is 11.5 Å². The van der Waals surface area contributed by atoms with Gasteiger partial charge in [0.25, 0.3) is 0 Å². The second kappa shape index (κ2) is 7.16. The number of hydrogen-bond donors (Lipinski definition) is 1. The van der Waals surface area contributed by atoms with Gasteiger partial charge >= 0.3 is 0 Å². The molecule has 4 nitrogen and oxygen atoms in total. The molecule has 0 saturated carbocycles. The van der Waals surface area contributed by atoms with Crippen molar-refractivity contribution in [1.29, 1.82) is 5.26 Å². The van der Waals surface area contributed by atoms with Gasteiger partial charge in [-0.1, -0.05) is 6.07 Å². The molecule has 0 radical (unpaired) electrons. The van der Waals surface area contributed by atoms with Crippen molar-refractivity contribution in [1.82, 2.24) is 4.98 Å².